The van der Waals surface area contributed by atoms with Gasteiger partial charge in [0.15, 0.2) is 0 Å². The van der Waals surface area contributed by atoms with Crippen molar-refractivity contribution < 1.29 is 14.3 Å². The molecular weight excluding hydrogens is 254 g/mol. The van der Waals surface area contributed by atoms with Gasteiger partial charge in [0, 0.05) is 12.6 Å². The zero-order valence-corrected chi connectivity index (χ0v) is 12.4. The van der Waals surface area contributed by atoms with Crippen molar-refractivity contribution in [1.82, 2.24) is 5.32 Å². The van der Waals surface area contributed by atoms with Gasteiger partial charge in [-0.25, -0.2) is 0 Å². The highest BCUT2D eigenvalue weighted by molar-refractivity contribution is 5.95. The molecule has 1 amide bonds. The maximum Gasteiger partial charge on any atom is 0.255 e. The fourth-order valence-electron chi connectivity index (χ4n) is 3.20. The lowest BCUT2D eigenvalue weighted by Crippen LogP contribution is -2.41. The van der Waals surface area contributed by atoms with Crippen molar-refractivity contribution in [1.29, 1.82) is 0 Å². The molecule has 0 saturated heterocycles. The van der Waals surface area contributed by atoms with E-state index in [0.717, 1.165) is 18.6 Å². The Kier molecular flexibility index (Phi) is 5.24. The van der Waals surface area contributed by atoms with Crippen molar-refractivity contribution in [3.63, 3.8) is 0 Å². The molecule has 20 heavy (non-hydrogen) atoms. The highest BCUT2D eigenvalue weighted by Gasteiger charge is 2.26. The largest absolute Gasteiger partial charge is 0.466 e. The molecule has 1 aromatic rings. The van der Waals surface area contributed by atoms with Gasteiger partial charge in [0.2, 0.25) is 0 Å². The van der Waals surface area contributed by atoms with E-state index in [2.05, 4.69) is 5.32 Å². The predicted octanol–water partition coefficient (Wildman–Crippen LogP) is 2.96. The summed E-state index contributed by atoms with van der Waals surface area (Å²) in [6.45, 7) is 3.77. The predicted molar refractivity (Wildman–Crippen MR) is 77.7 cm³/mol. The van der Waals surface area contributed by atoms with Crippen molar-refractivity contribution in [2.24, 2.45) is 5.92 Å². The smallest absolute Gasteiger partial charge is 0.255 e. The van der Waals surface area contributed by atoms with Crippen molar-refractivity contribution in [2.45, 2.75) is 58.4 Å². The van der Waals surface area contributed by atoms with Crippen LogP contribution in [0.1, 0.15) is 60.4 Å². The Morgan fingerprint density at radius 1 is 1.40 bits per heavy atom. The molecule has 1 aromatic heterocycles. The maximum absolute atomic E-state index is 12.4. The molecule has 0 bridgehead atoms. The number of furan rings is 1. The molecule has 0 aliphatic heterocycles. The van der Waals surface area contributed by atoms with Crippen LogP contribution in [-0.4, -0.2) is 23.7 Å². The van der Waals surface area contributed by atoms with Gasteiger partial charge in [0.05, 0.1) is 5.56 Å². The van der Waals surface area contributed by atoms with Gasteiger partial charge >= 0.3 is 0 Å². The first-order chi connectivity index (χ1) is 9.61. The molecule has 2 N–H and O–H groups in total. The number of nitrogens with one attached hydrogen (secondary N) is 1. The number of carbonyl (C=O) groups excluding carboxylic acids is 1. The lowest BCUT2D eigenvalue weighted by molar-refractivity contribution is 0.0898. The van der Waals surface area contributed by atoms with Crippen LogP contribution in [-0.2, 0) is 0 Å². The molecule has 1 aliphatic carbocycles. The zero-order valence-electron chi connectivity index (χ0n) is 12.4. The molecule has 0 radical (unpaired) electrons. The molecule has 112 valence electrons. The summed E-state index contributed by atoms with van der Waals surface area (Å²) in [4.78, 5) is 12.4. The second-order valence-electron chi connectivity index (χ2n) is 5.82. The molecule has 1 fully saturated rings. The highest BCUT2D eigenvalue weighted by atomic mass is 16.3. The molecule has 4 heteroatoms. The van der Waals surface area contributed by atoms with Gasteiger partial charge in [0.25, 0.3) is 5.91 Å². The van der Waals surface area contributed by atoms with Crippen LogP contribution in [0.15, 0.2) is 10.5 Å². The van der Waals surface area contributed by atoms with E-state index in [4.69, 9.17) is 4.42 Å². The Bertz CT molecular complexity index is 447. The van der Waals surface area contributed by atoms with Gasteiger partial charge in [-0.2, -0.15) is 0 Å². The minimum atomic E-state index is -0.0802. The van der Waals surface area contributed by atoms with Gasteiger partial charge in [-0.1, -0.05) is 19.3 Å². The first-order valence-electron chi connectivity index (χ1n) is 7.60. The van der Waals surface area contributed by atoms with Crippen LogP contribution in [0.25, 0.3) is 0 Å². The lowest BCUT2D eigenvalue weighted by atomic mass is 9.82. The van der Waals surface area contributed by atoms with Crippen LogP contribution in [0.5, 0.6) is 0 Å². The Hall–Kier alpha value is -1.29. The van der Waals surface area contributed by atoms with Crippen LogP contribution in [0, 0.1) is 19.8 Å². The van der Waals surface area contributed by atoms with E-state index in [9.17, 15) is 9.90 Å². The number of hydrogen-bond donors (Lipinski definition) is 2. The van der Waals surface area contributed by atoms with Gasteiger partial charge < -0.3 is 14.8 Å². The Morgan fingerprint density at radius 2 is 2.10 bits per heavy atom. The normalized spacial score (nSPS) is 17.9. The molecule has 1 atom stereocenters. The van der Waals surface area contributed by atoms with Crippen molar-refractivity contribution >= 4 is 5.91 Å². The third-order valence-corrected chi connectivity index (χ3v) is 4.26. The van der Waals surface area contributed by atoms with Gasteiger partial charge in [0.1, 0.15) is 11.5 Å². The quantitative estimate of drug-likeness (QED) is 0.871. The fraction of sp³-hybridized carbons (Fsp3) is 0.688. The van der Waals surface area contributed by atoms with Crippen LogP contribution < -0.4 is 5.32 Å². The molecule has 2 rings (SSSR count). The number of aliphatic hydroxyl groups excluding tert-OH is 1. The van der Waals surface area contributed by atoms with E-state index in [1.54, 1.807) is 6.07 Å². The number of carbonyl (C=O) groups is 1. The average Bonchev–Trinajstić information content (AvgIpc) is 2.78. The topological polar surface area (TPSA) is 62.5 Å². The van der Waals surface area contributed by atoms with Gasteiger partial charge in [-0.05, 0) is 45.1 Å². The maximum atomic E-state index is 12.4. The third kappa shape index (κ3) is 3.63. The van der Waals surface area contributed by atoms with E-state index in [1.165, 1.54) is 19.3 Å². The first-order valence-corrected chi connectivity index (χ1v) is 7.60. The number of aryl methyl sites for hydroxylation is 2. The van der Waals surface area contributed by atoms with Gasteiger partial charge in [-0.15, -0.1) is 0 Å². The summed E-state index contributed by atoms with van der Waals surface area (Å²) in [5.41, 5.74) is 0.612. The number of hydrogen-bond acceptors (Lipinski definition) is 3. The fourth-order valence-corrected chi connectivity index (χ4v) is 3.20. The Labute approximate surface area is 120 Å². The molecule has 1 saturated carbocycles. The van der Waals surface area contributed by atoms with E-state index < -0.39 is 0 Å². The highest BCUT2D eigenvalue weighted by Crippen LogP contribution is 2.28. The summed E-state index contributed by atoms with van der Waals surface area (Å²) in [5, 5.41) is 12.3. The summed E-state index contributed by atoms with van der Waals surface area (Å²) < 4.78 is 5.41. The standard InChI is InChI=1S/C16H25NO3/c1-11-10-14(12(2)20-11)16(19)17-15(8-9-18)13-6-4-3-5-7-13/h10,13,15,18H,3-9H2,1-2H3,(H,17,19). The molecule has 1 unspecified atom stereocenters. The minimum absolute atomic E-state index is 0.0717. The summed E-state index contributed by atoms with van der Waals surface area (Å²) in [7, 11) is 0. The van der Waals surface area contributed by atoms with E-state index in [0.29, 0.717) is 23.7 Å². The second-order valence-corrected chi connectivity index (χ2v) is 5.82. The van der Waals surface area contributed by atoms with Crippen LogP contribution in [0.4, 0.5) is 0 Å². The van der Waals surface area contributed by atoms with Crippen LogP contribution in [0.3, 0.4) is 0 Å². The lowest BCUT2D eigenvalue weighted by Gasteiger charge is -2.30. The minimum Gasteiger partial charge on any atom is -0.466 e. The van der Waals surface area contributed by atoms with E-state index >= 15 is 0 Å². The number of amides is 1. The first kappa shape index (κ1) is 15.1. The zero-order chi connectivity index (χ0) is 14.5. The Morgan fingerprint density at radius 3 is 2.65 bits per heavy atom. The average molecular weight is 279 g/mol. The second kappa shape index (κ2) is 6.93. The van der Waals surface area contributed by atoms with Crippen molar-refractivity contribution in [3.8, 4) is 0 Å². The van der Waals surface area contributed by atoms with Crippen LogP contribution in [0.2, 0.25) is 0 Å². The van der Waals surface area contributed by atoms with Crippen molar-refractivity contribution in [3.05, 3.63) is 23.2 Å². The molecule has 1 aliphatic rings. The third-order valence-electron chi connectivity index (χ3n) is 4.26. The number of rotatable bonds is 5. The van der Waals surface area contributed by atoms with Gasteiger partial charge in [-0.3, -0.25) is 4.79 Å². The molecule has 4 nitrogen and oxygen atoms in total. The summed E-state index contributed by atoms with van der Waals surface area (Å²) in [5.74, 6) is 1.83. The monoisotopic (exact) mass is 279 g/mol. The Balaban J connectivity index is 2.03. The molecule has 1 heterocycles. The SMILES string of the molecule is Cc1cc(C(=O)NC(CCO)C2CCCCC2)c(C)o1. The summed E-state index contributed by atoms with van der Waals surface area (Å²) in [6, 6.07) is 1.85. The van der Waals surface area contributed by atoms with Crippen molar-refractivity contribution in [2.75, 3.05) is 6.61 Å². The summed E-state index contributed by atoms with van der Waals surface area (Å²) in [6.07, 6.45) is 6.67. The molecule has 0 aromatic carbocycles. The summed E-state index contributed by atoms with van der Waals surface area (Å²) >= 11 is 0. The molecule has 0 spiro atoms. The van der Waals surface area contributed by atoms with E-state index in [-0.39, 0.29) is 18.6 Å². The van der Waals surface area contributed by atoms with Crippen LogP contribution >= 0.6 is 0 Å². The number of aliphatic hydroxyl groups is 1. The van der Waals surface area contributed by atoms with E-state index in [1.807, 2.05) is 13.8 Å². The molecular formula is C16H25NO3.